The van der Waals surface area contributed by atoms with Gasteiger partial charge in [0.1, 0.15) is 5.75 Å². The van der Waals surface area contributed by atoms with Gasteiger partial charge in [0.2, 0.25) is 0 Å². The smallest absolute Gasteiger partial charge is 0.152 e. The van der Waals surface area contributed by atoms with Crippen LogP contribution in [0.25, 0.3) is 0 Å². The molecule has 3 nitrogen and oxygen atoms in total. The first kappa shape index (κ1) is 12.7. The Hall–Kier alpha value is -1.74. The molecule has 0 aliphatic carbocycles. The number of anilines is 1. The molecule has 1 unspecified atom stereocenters. The van der Waals surface area contributed by atoms with E-state index >= 15 is 0 Å². The number of benzene rings is 1. The first-order chi connectivity index (χ1) is 8.72. The van der Waals surface area contributed by atoms with Crippen LogP contribution in [0.5, 0.6) is 5.75 Å². The van der Waals surface area contributed by atoms with E-state index in [1.165, 1.54) is 0 Å². The fourth-order valence-corrected chi connectivity index (χ4v) is 2.04. The van der Waals surface area contributed by atoms with Crippen molar-refractivity contribution >= 4 is 17.3 Å². The van der Waals surface area contributed by atoms with E-state index in [-0.39, 0.29) is 11.8 Å². The Morgan fingerprint density at radius 3 is 2.72 bits per heavy atom. The minimum atomic E-state index is 0.00731. The Labute approximate surface area is 111 Å². The fourth-order valence-electron chi connectivity index (χ4n) is 1.86. The summed E-state index contributed by atoms with van der Waals surface area (Å²) in [4.78, 5) is 4.02. The normalized spacial score (nSPS) is 12.1. The molecule has 0 saturated carbocycles. The van der Waals surface area contributed by atoms with Gasteiger partial charge in [-0.1, -0.05) is 36.7 Å². The first-order valence-corrected chi connectivity index (χ1v) is 6.25. The Morgan fingerprint density at radius 1 is 1.28 bits per heavy atom. The quantitative estimate of drug-likeness (QED) is 0.819. The lowest BCUT2D eigenvalue weighted by Gasteiger charge is -2.20. The van der Waals surface area contributed by atoms with Gasteiger partial charge in [-0.15, -0.1) is 0 Å². The number of hydrogen-bond acceptors (Lipinski definition) is 3. The average molecular weight is 263 g/mol. The van der Waals surface area contributed by atoms with Crippen molar-refractivity contribution < 1.29 is 5.11 Å². The van der Waals surface area contributed by atoms with Crippen molar-refractivity contribution in [3.63, 3.8) is 0 Å². The summed E-state index contributed by atoms with van der Waals surface area (Å²) in [6.45, 7) is 2.05. The molecule has 1 atom stereocenters. The van der Waals surface area contributed by atoms with Crippen LogP contribution in [0.1, 0.15) is 24.9 Å². The summed E-state index contributed by atoms with van der Waals surface area (Å²) in [6.07, 6.45) is 2.48. The van der Waals surface area contributed by atoms with Crippen molar-refractivity contribution in [1.29, 1.82) is 0 Å². The average Bonchev–Trinajstić information content (AvgIpc) is 2.39. The van der Waals surface area contributed by atoms with Gasteiger partial charge in [0.25, 0.3) is 0 Å². The third-order valence-electron chi connectivity index (χ3n) is 2.81. The lowest BCUT2D eigenvalue weighted by atomic mass is 10.0. The second-order valence-electron chi connectivity index (χ2n) is 4.01. The molecule has 0 saturated heterocycles. The van der Waals surface area contributed by atoms with Crippen LogP contribution in [0.4, 0.5) is 5.69 Å². The van der Waals surface area contributed by atoms with Gasteiger partial charge >= 0.3 is 0 Å². The highest BCUT2D eigenvalue weighted by Crippen LogP contribution is 2.30. The van der Waals surface area contributed by atoms with Gasteiger partial charge in [0.15, 0.2) is 5.15 Å². The highest BCUT2D eigenvalue weighted by molar-refractivity contribution is 6.31. The lowest BCUT2D eigenvalue weighted by Crippen LogP contribution is -2.10. The molecular formula is C14H15ClN2O. The molecule has 0 spiro atoms. The van der Waals surface area contributed by atoms with Gasteiger partial charge in [0.05, 0.1) is 11.7 Å². The SMILES string of the molecule is CCC(Nc1cccnc1Cl)c1ccccc1O. The number of aromatic nitrogens is 1. The van der Waals surface area contributed by atoms with Crippen molar-refractivity contribution in [1.82, 2.24) is 4.98 Å². The monoisotopic (exact) mass is 262 g/mol. The van der Waals surface area contributed by atoms with Gasteiger partial charge in [-0.05, 0) is 24.6 Å². The van der Waals surface area contributed by atoms with Crippen molar-refractivity contribution in [2.45, 2.75) is 19.4 Å². The van der Waals surface area contributed by atoms with Crippen molar-refractivity contribution in [3.8, 4) is 5.75 Å². The molecular weight excluding hydrogens is 248 g/mol. The van der Waals surface area contributed by atoms with Crippen molar-refractivity contribution in [2.24, 2.45) is 0 Å². The highest BCUT2D eigenvalue weighted by Gasteiger charge is 2.14. The molecule has 0 fully saturated rings. The minimum Gasteiger partial charge on any atom is -0.508 e. The Morgan fingerprint density at radius 2 is 2.06 bits per heavy atom. The second-order valence-corrected chi connectivity index (χ2v) is 4.36. The molecule has 2 rings (SSSR count). The van der Waals surface area contributed by atoms with Gasteiger partial charge < -0.3 is 10.4 Å². The van der Waals surface area contributed by atoms with E-state index in [9.17, 15) is 5.11 Å². The van der Waals surface area contributed by atoms with Gasteiger partial charge in [-0.2, -0.15) is 0 Å². The zero-order chi connectivity index (χ0) is 13.0. The number of pyridine rings is 1. The van der Waals surface area contributed by atoms with Gasteiger partial charge in [-0.25, -0.2) is 4.98 Å². The molecule has 1 aromatic heterocycles. The lowest BCUT2D eigenvalue weighted by molar-refractivity contribution is 0.463. The first-order valence-electron chi connectivity index (χ1n) is 5.87. The van der Waals surface area contributed by atoms with Crippen molar-refractivity contribution in [3.05, 3.63) is 53.3 Å². The molecule has 94 valence electrons. The van der Waals surface area contributed by atoms with E-state index in [4.69, 9.17) is 11.6 Å². The Kier molecular flexibility index (Phi) is 4.05. The molecule has 0 bridgehead atoms. The summed E-state index contributed by atoms with van der Waals surface area (Å²) in [5.74, 6) is 0.289. The van der Waals surface area contributed by atoms with E-state index in [1.54, 1.807) is 12.3 Å². The second kappa shape index (κ2) is 5.74. The van der Waals surface area contributed by atoms with Crippen LogP contribution < -0.4 is 5.32 Å². The number of nitrogens with one attached hydrogen (secondary N) is 1. The van der Waals surface area contributed by atoms with Crippen LogP contribution in [0.15, 0.2) is 42.6 Å². The number of nitrogens with zero attached hydrogens (tertiary/aromatic N) is 1. The molecule has 0 aliphatic heterocycles. The number of hydrogen-bond donors (Lipinski definition) is 2. The predicted octanol–water partition coefficient (Wildman–Crippen LogP) is 4.00. The number of halogens is 1. The van der Waals surface area contributed by atoms with E-state index in [0.717, 1.165) is 17.7 Å². The summed E-state index contributed by atoms with van der Waals surface area (Å²) < 4.78 is 0. The molecule has 1 aromatic carbocycles. The van der Waals surface area contributed by atoms with E-state index < -0.39 is 0 Å². The van der Waals surface area contributed by atoms with Crippen LogP contribution in [0.2, 0.25) is 5.15 Å². The van der Waals surface area contributed by atoms with E-state index in [1.807, 2.05) is 37.3 Å². The molecule has 2 aromatic rings. The molecule has 1 heterocycles. The topological polar surface area (TPSA) is 45.2 Å². The summed E-state index contributed by atoms with van der Waals surface area (Å²) in [6, 6.07) is 11.0. The molecule has 0 amide bonds. The number of phenols is 1. The van der Waals surface area contributed by atoms with E-state index in [0.29, 0.717) is 5.15 Å². The van der Waals surface area contributed by atoms with Crippen LogP contribution >= 0.6 is 11.6 Å². The highest BCUT2D eigenvalue weighted by atomic mass is 35.5. The Bertz CT molecular complexity index is 531. The minimum absolute atomic E-state index is 0.00731. The third kappa shape index (κ3) is 2.74. The van der Waals surface area contributed by atoms with Crippen LogP contribution in [-0.2, 0) is 0 Å². The maximum absolute atomic E-state index is 9.87. The van der Waals surface area contributed by atoms with Crippen molar-refractivity contribution in [2.75, 3.05) is 5.32 Å². The Balaban J connectivity index is 2.26. The number of aromatic hydroxyl groups is 1. The van der Waals surface area contributed by atoms with Gasteiger partial charge in [-0.3, -0.25) is 0 Å². The van der Waals surface area contributed by atoms with E-state index in [2.05, 4.69) is 10.3 Å². The summed E-state index contributed by atoms with van der Waals surface area (Å²) in [7, 11) is 0. The van der Waals surface area contributed by atoms with Crippen LogP contribution in [0, 0.1) is 0 Å². The number of para-hydroxylation sites is 1. The maximum Gasteiger partial charge on any atom is 0.152 e. The predicted molar refractivity (Wildman–Crippen MR) is 74.0 cm³/mol. The molecule has 2 N–H and O–H groups in total. The summed E-state index contributed by atoms with van der Waals surface area (Å²) in [5, 5.41) is 13.6. The largest absolute Gasteiger partial charge is 0.508 e. The summed E-state index contributed by atoms with van der Waals surface area (Å²) >= 11 is 6.02. The molecule has 18 heavy (non-hydrogen) atoms. The number of phenolic OH excluding ortho intramolecular Hbond substituents is 1. The maximum atomic E-state index is 9.87. The zero-order valence-corrected chi connectivity index (χ0v) is 10.9. The molecule has 4 heteroatoms. The van der Waals surface area contributed by atoms with Crippen LogP contribution in [-0.4, -0.2) is 10.1 Å². The van der Waals surface area contributed by atoms with Crippen LogP contribution in [0.3, 0.4) is 0 Å². The van der Waals surface area contributed by atoms with Gasteiger partial charge in [0, 0.05) is 11.8 Å². The zero-order valence-electron chi connectivity index (χ0n) is 10.1. The standard InChI is InChI=1S/C14H15ClN2O/c1-2-11(10-6-3-4-8-13(10)18)17-12-7-5-9-16-14(12)15/h3-9,11,17-18H,2H2,1H3. The third-order valence-corrected chi connectivity index (χ3v) is 3.11. The number of rotatable bonds is 4. The molecule has 0 aliphatic rings. The summed E-state index contributed by atoms with van der Waals surface area (Å²) in [5.41, 5.74) is 1.63. The fraction of sp³-hybridized carbons (Fsp3) is 0.214. The molecule has 0 radical (unpaired) electrons.